The molecular formula is C19H16FN3O2. The Morgan fingerprint density at radius 2 is 1.80 bits per heavy atom. The van der Waals surface area contributed by atoms with Crippen LogP contribution in [0, 0.1) is 5.82 Å². The van der Waals surface area contributed by atoms with Gasteiger partial charge < -0.3 is 15.4 Å². The van der Waals surface area contributed by atoms with Crippen molar-refractivity contribution in [2.75, 3.05) is 17.7 Å². The molecule has 3 aromatic rings. The Labute approximate surface area is 144 Å². The van der Waals surface area contributed by atoms with E-state index in [2.05, 4.69) is 15.6 Å². The molecule has 0 spiro atoms. The molecule has 0 aliphatic heterocycles. The number of carbonyl (C=O) groups is 1. The lowest BCUT2D eigenvalue weighted by molar-refractivity contribution is 0.102. The molecule has 6 heteroatoms. The second-order valence-electron chi connectivity index (χ2n) is 5.25. The van der Waals surface area contributed by atoms with E-state index in [1.54, 1.807) is 25.3 Å². The maximum absolute atomic E-state index is 13.2. The maximum Gasteiger partial charge on any atom is 0.274 e. The predicted octanol–water partition coefficient (Wildman–Crippen LogP) is 4.23. The van der Waals surface area contributed by atoms with Crippen molar-refractivity contribution in [1.29, 1.82) is 0 Å². The third-order valence-corrected chi connectivity index (χ3v) is 3.45. The van der Waals surface area contributed by atoms with E-state index in [1.807, 2.05) is 24.3 Å². The second kappa shape index (κ2) is 7.44. The van der Waals surface area contributed by atoms with Gasteiger partial charge in [0.2, 0.25) is 0 Å². The molecule has 1 amide bonds. The van der Waals surface area contributed by atoms with E-state index in [4.69, 9.17) is 4.74 Å². The zero-order chi connectivity index (χ0) is 17.6. The van der Waals surface area contributed by atoms with Gasteiger partial charge in [-0.25, -0.2) is 4.39 Å². The molecule has 0 atom stereocenters. The molecule has 3 rings (SSSR count). The Bertz CT molecular complexity index is 882. The van der Waals surface area contributed by atoms with Crippen molar-refractivity contribution in [2.24, 2.45) is 0 Å². The van der Waals surface area contributed by atoms with Gasteiger partial charge in [-0.2, -0.15) is 0 Å². The summed E-state index contributed by atoms with van der Waals surface area (Å²) in [6.45, 7) is 0. The number of hydrogen-bond acceptors (Lipinski definition) is 4. The van der Waals surface area contributed by atoms with E-state index in [0.717, 1.165) is 11.4 Å². The molecule has 2 aromatic carbocycles. The van der Waals surface area contributed by atoms with Crippen molar-refractivity contribution >= 4 is 23.0 Å². The molecule has 0 radical (unpaired) electrons. The lowest BCUT2D eigenvalue weighted by Crippen LogP contribution is -2.13. The number of anilines is 3. The average molecular weight is 337 g/mol. The monoisotopic (exact) mass is 337 g/mol. The Balaban J connectivity index is 1.72. The Morgan fingerprint density at radius 1 is 1.00 bits per heavy atom. The molecule has 0 aliphatic rings. The summed E-state index contributed by atoms with van der Waals surface area (Å²) >= 11 is 0. The van der Waals surface area contributed by atoms with Crippen LogP contribution in [0.2, 0.25) is 0 Å². The quantitative estimate of drug-likeness (QED) is 0.731. The van der Waals surface area contributed by atoms with Gasteiger partial charge in [0.05, 0.1) is 7.11 Å². The Kier molecular flexibility index (Phi) is 4.89. The van der Waals surface area contributed by atoms with E-state index in [-0.39, 0.29) is 5.69 Å². The first-order chi connectivity index (χ1) is 12.1. The van der Waals surface area contributed by atoms with Gasteiger partial charge in [0.15, 0.2) is 0 Å². The van der Waals surface area contributed by atoms with Gasteiger partial charge in [-0.3, -0.25) is 9.78 Å². The summed E-state index contributed by atoms with van der Waals surface area (Å²) in [6.07, 6.45) is 1.53. The summed E-state index contributed by atoms with van der Waals surface area (Å²) in [7, 11) is 1.61. The molecule has 1 aromatic heterocycles. The minimum absolute atomic E-state index is 0.225. The fourth-order valence-electron chi connectivity index (χ4n) is 2.23. The SMILES string of the molecule is COc1ccc(Nc2ccnc(C(=O)Nc3cccc(F)c3)c2)cc1. The molecule has 0 saturated carbocycles. The van der Waals surface area contributed by atoms with Crippen LogP contribution in [0.1, 0.15) is 10.5 Å². The van der Waals surface area contributed by atoms with Gasteiger partial charge in [-0.05, 0) is 54.6 Å². The number of nitrogens with zero attached hydrogens (tertiary/aromatic N) is 1. The van der Waals surface area contributed by atoms with Crippen LogP contribution in [0.25, 0.3) is 0 Å². The number of hydrogen-bond donors (Lipinski definition) is 2. The van der Waals surface area contributed by atoms with Crippen LogP contribution in [0.5, 0.6) is 5.75 Å². The smallest absolute Gasteiger partial charge is 0.274 e. The molecule has 1 heterocycles. The van der Waals surface area contributed by atoms with Crippen LogP contribution in [0.15, 0.2) is 66.9 Å². The molecule has 0 bridgehead atoms. The highest BCUT2D eigenvalue weighted by molar-refractivity contribution is 6.03. The highest BCUT2D eigenvalue weighted by atomic mass is 19.1. The van der Waals surface area contributed by atoms with Gasteiger partial charge in [0.25, 0.3) is 5.91 Å². The van der Waals surface area contributed by atoms with Crippen molar-refractivity contribution in [2.45, 2.75) is 0 Å². The molecule has 25 heavy (non-hydrogen) atoms. The predicted molar refractivity (Wildman–Crippen MR) is 94.9 cm³/mol. The molecule has 2 N–H and O–H groups in total. The number of aromatic nitrogens is 1. The van der Waals surface area contributed by atoms with Crippen LogP contribution < -0.4 is 15.4 Å². The Hall–Kier alpha value is -3.41. The highest BCUT2D eigenvalue weighted by Crippen LogP contribution is 2.20. The van der Waals surface area contributed by atoms with Crippen LogP contribution >= 0.6 is 0 Å². The van der Waals surface area contributed by atoms with E-state index in [9.17, 15) is 9.18 Å². The van der Waals surface area contributed by atoms with E-state index in [0.29, 0.717) is 11.4 Å². The molecule has 0 aliphatic carbocycles. The first kappa shape index (κ1) is 16.4. The minimum Gasteiger partial charge on any atom is -0.497 e. The first-order valence-corrected chi connectivity index (χ1v) is 7.58. The summed E-state index contributed by atoms with van der Waals surface area (Å²) in [6, 6.07) is 16.5. The van der Waals surface area contributed by atoms with Gasteiger partial charge in [0.1, 0.15) is 17.3 Å². The highest BCUT2D eigenvalue weighted by Gasteiger charge is 2.09. The average Bonchev–Trinajstić information content (AvgIpc) is 2.62. The number of pyridine rings is 1. The summed E-state index contributed by atoms with van der Waals surface area (Å²) in [5.74, 6) is -0.0694. The topological polar surface area (TPSA) is 63.2 Å². The van der Waals surface area contributed by atoms with E-state index < -0.39 is 11.7 Å². The molecule has 0 fully saturated rings. The van der Waals surface area contributed by atoms with Crippen LogP contribution in [-0.2, 0) is 0 Å². The summed E-state index contributed by atoms with van der Waals surface area (Å²) in [4.78, 5) is 16.3. The zero-order valence-corrected chi connectivity index (χ0v) is 13.5. The summed E-state index contributed by atoms with van der Waals surface area (Å²) < 4.78 is 18.3. The third kappa shape index (κ3) is 4.32. The van der Waals surface area contributed by atoms with Crippen molar-refractivity contribution in [3.8, 4) is 5.75 Å². The van der Waals surface area contributed by atoms with E-state index >= 15 is 0 Å². The molecule has 126 valence electrons. The van der Waals surface area contributed by atoms with Gasteiger partial charge in [-0.15, -0.1) is 0 Å². The number of carbonyl (C=O) groups excluding carboxylic acids is 1. The largest absolute Gasteiger partial charge is 0.497 e. The van der Waals surface area contributed by atoms with Crippen LogP contribution in [0.3, 0.4) is 0 Å². The summed E-state index contributed by atoms with van der Waals surface area (Å²) in [5.41, 5.74) is 2.16. The van der Waals surface area contributed by atoms with Crippen molar-refractivity contribution in [3.63, 3.8) is 0 Å². The standard InChI is InChI=1S/C19H16FN3O2/c1-25-17-7-5-14(6-8-17)22-16-9-10-21-18(12-16)19(24)23-15-4-2-3-13(20)11-15/h2-12H,1H3,(H,21,22)(H,23,24). The molecule has 5 nitrogen and oxygen atoms in total. The van der Waals surface area contributed by atoms with Gasteiger partial charge in [-0.1, -0.05) is 6.07 Å². The van der Waals surface area contributed by atoms with Gasteiger partial charge in [0, 0.05) is 23.3 Å². The zero-order valence-electron chi connectivity index (χ0n) is 13.5. The third-order valence-electron chi connectivity index (χ3n) is 3.45. The molecular weight excluding hydrogens is 321 g/mol. The number of amides is 1. The number of benzene rings is 2. The van der Waals surface area contributed by atoms with Crippen molar-refractivity contribution < 1.29 is 13.9 Å². The van der Waals surface area contributed by atoms with Crippen LogP contribution in [0.4, 0.5) is 21.5 Å². The minimum atomic E-state index is -0.416. The number of methoxy groups -OCH3 is 1. The van der Waals surface area contributed by atoms with Gasteiger partial charge >= 0.3 is 0 Å². The number of rotatable bonds is 5. The molecule has 0 unspecified atom stereocenters. The van der Waals surface area contributed by atoms with E-state index in [1.165, 1.54) is 24.4 Å². The first-order valence-electron chi connectivity index (χ1n) is 7.58. The number of ether oxygens (including phenoxy) is 1. The normalized spacial score (nSPS) is 10.2. The lowest BCUT2D eigenvalue weighted by Gasteiger charge is -2.09. The number of halogens is 1. The fraction of sp³-hybridized carbons (Fsp3) is 0.0526. The fourth-order valence-corrected chi connectivity index (χ4v) is 2.23. The summed E-state index contributed by atoms with van der Waals surface area (Å²) in [5, 5.41) is 5.81. The molecule has 0 saturated heterocycles. The van der Waals surface area contributed by atoms with Crippen LogP contribution in [-0.4, -0.2) is 18.0 Å². The van der Waals surface area contributed by atoms with Crippen molar-refractivity contribution in [3.05, 3.63) is 78.4 Å². The maximum atomic E-state index is 13.2. The van der Waals surface area contributed by atoms with Crippen molar-refractivity contribution in [1.82, 2.24) is 4.98 Å². The number of nitrogens with one attached hydrogen (secondary N) is 2. The lowest BCUT2D eigenvalue weighted by atomic mass is 10.2. The second-order valence-corrected chi connectivity index (χ2v) is 5.25. The Morgan fingerprint density at radius 3 is 2.52 bits per heavy atom.